The van der Waals surface area contributed by atoms with Gasteiger partial charge in [0.15, 0.2) is 25.0 Å². The molecule has 0 radical (unpaired) electrons. The normalized spacial score (nSPS) is 54.7. The van der Waals surface area contributed by atoms with Crippen LogP contribution in [0.1, 0.15) is 113 Å². The number of rotatable bonds is 9. The summed E-state index contributed by atoms with van der Waals surface area (Å²) in [6.45, 7) is 16.0. The van der Waals surface area contributed by atoms with Crippen molar-refractivity contribution in [2.24, 2.45) is 50.2 Å². The van der Waals surface area contributed by atoms with Crippen LogP contribution in [0.4, 0.5) is 0 Å². The zero-order chi connectivity index (χ0) is 53.3. The van der Waals surface area contributed by atoms with Crippen molar-refractivity contribution in [3.05, 3.63) is 11.6 Å². The van der Waals surface area contributed by atoms with Crippen LogP contribution < -0.4 is 0 Å². The van der Waals surface area contributed by atoms with Crippen LogP contribution in [-0.4, -0.2) is 210 Å². The Kier molecular flexibility index (Phi) is 15.4. The molecule has 4 aliphatic heterocycles. The summed E-state index contributed by atoms with van der Waals surface area (Å²) in [6, 6.07) is 0. The Morgan fingerprint density at radius 2 is 1.25 bits per heavy atom. The number of esters is 1. The van der Waals surface area contributed by atoms with E-state index in [1.165, 1.54) is 6.92 Å². The second kappa shape index (κ2) is 20.0. The highest BCUT2D eigenvalue weighted by Gasteiger charge is 2.72. The predicted octanol–water partition coefficient (Wildman–Crippen LogP) is -0.759. The second-order valence-corrected chi connectivity index (χ2v) is 25.5. The first-order valence-electron chi connectivity index (χ1n) is 26.6. The Bertz CT molecular complexity index is 2020. The van der Waals surface area contributed by atoms with Crippen LogP contribution in [0.25, 0.3) is 0 Å². The molecule has 8 fully saturated rings. The lowest BCUT2D eigenvalue weighted by Gasteiger charge is -2.71. The van der Waals surface area contributed by atoms with E-state index >= 15 is 4.79 Å². The summed E-state index contributed by atoms with van der Waals surface area (Å²) in [6.07, 6.45) is -20.7. The van der Waals surface area contributed by atoms with Gasteiger partial charge in [-0.1, -0.05) is 60.1 Å². The standard InChI is InChI=1S/C52H84O21/c1-22-32(56)36(60)39(63)43(69-22)72-41-34(58)26(54)20-67-45(41)73-46(65)52-16-15-47(2,3)17-24(52)23-9-10-29-49(6)13-12-31(48(4,5)28(49)11-14-50(29,7)51(23,8)18-30(52)55)71-44-40(64)37(61)35(59)27(70-44)21-68-42-38(62)33(57)25(53)19-66-42/h9,22,24-45,53-64H,10-21H2,1-8H3/t22-,24-,25-,26-,27+,28-,29+,30+,31-,32-,33-,34-,35+,36+,37-,38+,39+,40+,41+,42-,43-,44-,45-,49-,50+,51+,52+/m0/s1. The van der Waals surface area contributed by atoms with Crippen molar-refractivity contribution >= 4 is 5.97 Å². The molecular weight excluding hydrogens is 961 g/mol. The first kappa shape index (κ1) is 56.2. The molecule has 418 valence electrons. The fraction of sp³-hybridized carbons (Fsp3) is 0.942. The van der Waals surface area contributed by atoms with Gasteiger partial charge in [0, 0.05) is 0 Å². The quantitative estimate of drug-likeness (QED) is 0.0767. The van der Waals surface area contributed by atoms with Crippen LogP contribution in [-0.2, 0) is 42.7 Å². The van der Waals surface area contributed by atoms with Gasteiger partial charge in [0.1, 0.15) is 78.7 Å². The highest BCUT2D eigenvalue weighted by molar-refractivity contribution is 5.80. The van der Waals surface area contributed by atoms with Gasteiger partial charge < -0.3 is 99.2 Å². The van der Waals surface area contributed by atoms with Gasteiger partial charge in [-0.15, -0.1) is 0 Å². The Morgan fingerprint density at radius 3 is 1.93 bits per heavy atom. The van der Waals surface area contributed by atoms with Crippen LogP contribution >= 0.6 is 0 Å². The van der Waals surface area contributed by atoms with Crippen molar-refractivity contribution < 1.29 is 104 Å². The van der Waals surface area contributed by atoms with Gasteiger partial charge in [-0.05, 0) is 110 Å². The summed E-state index contributed by atoms with van der Waals surface area (Å²) in [7, 11) is 0. The topological polar surface area (TPSA) is 334 Å². The third-order valence-corrected chi connectivity index (χ3v) is 20.6. The van der Waals surface area contributed by atoms with Crippen LogP contribution in [0.2, 0.25) is 0 Å². The summed E-state index contributed by atoms with van der Waals surface area (Å²) < 4.78 is 47.4. The maximum absolute atomic E-state index is 15.2. The van der Waals surface area contributed by atoms with Gasteiger partial charge in [-0.3, -0.25) is 4.79 Å². The van der Waals surface area contributed by atoms with Gasteiger partial charge in [-0.25, -0.2) is 0 Å². The number of hydrogen-bond donors (Lipinski definition) is 12. The van der Waals surface area contributed by atoms with Crippen molar-refractivity contribution in [3.8, 4) is 0 Å². The predicted molar refractivity (Wildman–Crippen MR) is 251 cm³/mol. The van der Waals surface area contributed by atoms with Gasteiger partial charge in [-0.2, -0.15) is 0 Å². The van der Waals surface area contributed by atoms with Crippen molar-refractivity contribution in [2.45, 2.75) is 236 Å². The summed E-state index contributed by atoms with van der Waals surface area (Å²) >= 11 is 0. The molecule has 73 heavy (non-hydrogen) atoms. The Labute approximate surface area is 426 Å². The molecule has 0 spiro atoms. The first-order chi connectivity index (χ1) is 34.0. The number of hydrogen-bond acceptors (Lipinski definition) is 21. The maximum atomic E-state index is 15.2. The van der Waals surface area contributed by atoms with Gasteiger partial charge >= 0.3 is 5.97 Å². The van der Waals surface area contributed by atoms with Crippen LogP contribution in [0.15, 0.2) is 11.6 Å². The lowest BCUT2D eigenvalue weighted by Crippen LogP contribution is -2.68. The molecule has 21 nitrogen and oxygen atoms in total. The number of fused-ring (bicyclic) bond motifs is 7. The molecule has 0 aromatic rings. The van der Waals surface area contributed by atoms with E-state index in [9.17, 15) is 61.3 Å². The molecule has 21 heteroatoms. The number of ether oxygens (including phenoxy) is 8. The van der Waals surface area contributed by atoms with Crippen LogP contribution in [0.5, 0.6) is 0 Å². The Balaban J connectivity index is 0.938. The van der Waals surface area contributed by atoms with E-state index in [1.807, 2.05) is 0 Å². The van der Waals surface area contributed by atoms with Crippen molar-refractivity contribution in [2.75, 3.05) is 19.8 Å². The molecule has 4 heterocycles. The minimum absolute atomic E-state index is 0.116. The molecule has 5 aliphatic carbocycles. The number of aliphatic hydroxyl groups excluding tert-OH is 12. The molecule has 0 bridgehead atoms. The molecule has 0 amide bonds. The van der Waals surface area contributed by atoms with Crippen molar-refractivity contribution in [1.82, 2.24) is 0 Å². The minimum atomic E-state index is -1.75. The van der Waals surface area contributed by atoms with E-state index < -0.39 is 164 Å². The molecule has 4 saturated heterocycles. The van der Waals surface area contributed by atoms with E-state index in [4.69, 9.17) is 37.9 Å². The summed E-state index contributed by atoms with van der Waals surface area (Å²) in [5, 5.41) is 130. The van der Waals surface area contributed by atoms with Crippen LogP contribution in [0.3, 0.4) is 0 Å². The summed E-state index contributed by atoms with van der Waals surface area (Å²) in [5.74, 6) is -0.909. The van der Waals surface area contributed by atoms with Crippen LogP contribution in [0, 0.1) is 50.2 Å². The Morgan fingerprint density at radius 1 is 0.630 bits per heavy atom. The van der Waals surface area contributed by atoms with Crippen molar-refractivity contribution in [3.63, 3.8) is 0 Å². The lowest BCUT2D eigenvalue weighted by molar-refractivity contribution is -0.350. The van der Waals surface area contributed by atoms with E-state index in [-0.39, 0.29) is 41.1 Å². The molecular formula is C52H84O21. The zero-order valence-corrected chi connectivity index (χ0v) is 43.4. The minimum Gasteiger partial charge on any atom is -0.432 e. The molecule has 27 atom stereocenters. The summed E-state index contributed by atoms with van der Waals surface area (Å²) in [4.78, 5) is 15.2. The van der Waals surface area contributed by atoms with E-state index in [2.05, 4.69) is 54.5 Å². The average Bonchev–Trinajstić information content (AvgIpc) is 3.32. The van der Waals surface area contributed by atoms with Crippen molar-refractivity contribution in [1.29, 1.82) is 0 Å². The van der Waals surface area contributed by atoms with E-state index in [0.29, 0.717) is 32.1 Å². The molecule has 12 N–H and O–H groups in total. The van der Waals surface area contributed by atoms with E-state index in [1.54, 1.807) is 0 Å². The lowest BCUT2D eigenvalue weighted by atomic mass is 9.33. The number of allylic oxidation sites excluding steroid dienone is 2. The maximum Gasteiger partial charge on any atom is 0.317 e. The summed E-state index contributed by atoms with van der Waals surface area (Å²) in [5.41, 5.74) is -2.12. The number of carbonyl (C=O) groups is 1. The fourth-order valence-corrected chi connectivity index (χ4v) is 15.9. The molecule has 9 aliphatic rings. The molecule has 0 aromatic heterocycles. The van der Waals surface area contributed by atoms with Gasteiger partial charge in [0.25, 0.3) is 0 Å². The smallest absolute Gasteiger partial charge is 0.317 e. The molecule has 0 aromatic carbocycles. The fourth-order valence-electron chi connectivity index (χ4n) is 15.9. The molecule has 4 saturated carbocycles. The second-order valence-electron chi connectivity index (χ2n) is 25.5. The highest BCUT2D eigenvalue weighted by Crippen LogP contribution is 2.76. The SMILES string of the molecule is C[C@@H]1O[C@@H](O[C@H]2[C@H](OC(=O)[C@]34CCC(C)(C)C[C@H]3C3=CC[C@@H]5[C@@]6(C)CC[C@H](O[C@@H]7O[C@H](CO[C@@H]8OC[C@H](O)[C@H](O)[C@H]8O)[C@@H](O)[C@H](O)[C@H]7O)C(C)(C)[C@@H]6CC[C@@]5(C)[C@]3(C)C[C@H]4O)OC[C@H](O)[C@@H]2O)[C@H](O)[C@H](O)[C@H]1O. The first-order valence-corrected chi connectivity index (χ1v) is 26.6. The monoisotopic (exact) mass is 1040 g/mol. The number of carbonyl (C=O) groups excluding carboxylic acids is 1. The van der Waals surface area contributed by atoms with Gasteiger partial charge in [0.2, 0.25) is 6.29 Å². The zero-order valence-electron chi connectivity index (χ0n) is 43.4. The third-order valence-electron chi connectivity index (χ3n) is 20.6. The molecule has 9 rings (SSSR count). The number of aliphatic hydroxyl groups is 12. The third kappa shape index (κ3) is 9.10. The average molecular weight is 1050 g/mol. The van der Waals surface area contributed by atoms with Gasteiger partial charge in [0.05, 0.1) is 38.1 Å². The molecule has 0 unspecified atom stereocenters. The largest absolute Gasteiger partial charge is 0.432 e. The highest BCUT2D eigenvalue weighted by atomic mass is 16.8. The van der Waals surface area contributed by atoms with E-state index in [0.717, 1.165) is 24.8 Å². The Hall–Kier alpha value is -1.55.